The summed E-state index contributed by atoms with van der Waals surface area (Å²) >= 11 is 0. The second-order valence-corrected chi connectivity index (χ2v) is 9.56. The predicted molar refractivity (Wildman–Crippen MR) is 130 cm³/mol. The smallest absolute Gasteiger partial charge is 0.408 e. The Morgan fingerprint density at radius 3 is 2.55 bits per heavy atom. The zero-order chi connectivity index (χ0) is 24.4. The number of ether oxygens (including phenoxy) is 3. The first-order valence-corrected chi connectivity index (χ1v) is 11.8. The van der Waals surface area contributed by atoms with E-state index >= 15 is 0 Å². The van der Waals surface area contributed by atoms with Gasteiger partial charge in [-0.3, -0.25) is 0 Å². The number of hydrogen-bond acceptors (Lipinski definition) is 5. The van der Waals surface area contributed by atoms with Gasteiger partial charge in [-0.2, -0.15) is 0 Å². The Kier molecular flexibility index (Phi) is 10.2. The lowest BCUT2D eigenvalue weighted by atomic mass is 9.86. The van der Waals surface area contributed by atoms with Gasteiger partial charge in [0.15, 0.2) is 0 Å². The highest BCUT2D eigenvalue weighted by Gasteiger charge is 2.35. The van der Waals surface area contributed by atoms with Gasteiger partial charge in [-0.15, -0.1) is 0 Å². The lowest BCUT2D eigenvalue weighted by molar-refractivity contribution is -0.161. The Bertz CT molecular complexity index is 812. The van der Waals surface area contributed by atoms with Crippen LogP contribution in [0.25, 0.3) is 0 Å². The Hall–Kier alpha value is -2.60. The third-order valence-corrected chi connectivity index (χ3v) is 5.69. The first-order valence-electron chi connectivity index (χ1n) is 11.8. The van der Waals surface area contributed by atoms with Gasteiger partial charge in [0.1, 0.15) is 17.7 Å². The lowest BCUT2D eigenvalue weighted by Gasteiger charge is -2.31. The van der Waals surface area contributed by atoms with Crippen LogP contribution in [0.4, 0.5) is 4.79 Å². The minimum absolute atomic E-state index is 0.140. The molecule has 1 aromatic carbocycles. The van der Waals surface area contributed by atoms with E-state index in [9.17, 15) is 9.59 Å². The van der Waals surface area contributed by atoms with Crippen molar-refractivity contribution in [1.82, 2.24) is 5.32 Å². The fourth-order valence-corrected chi connectivity index (χ4v) is 4.04. The molecule has 33 heavy (non-hydrogen) atoms. The highest BCUT2D eigenvalue weighted by Crippen LogP contribution is 2.30. The van der Waals surface area contributed by atoms with E-state index in [2.05, 4.69) is 18.0 Å². The van der Waals surface area contributed by atoms with Crippen molar-refractivity contribution in [2.24, 2.45) is 5.92 Å². The molecule has 6 nitrogen and oxygen atoms in total. The summed E-state index contributed by atoms with van der Waals surface area (Å²) in [6.07, 6.45) is 5.37. The molecule has 0 radical (unpaired) electrons. The molecule has 0 aromatic heterocycles. The topological polar surface area (TPSA) is 73.9 Å². The molecule has 1 aromatic rings. The van der Waals surface area contributed by atoms with E-state index in [1.165, 1.54) is 0 Å². The normalized spacial score (nSPS) is 24.6. The number of hydrogen-bond donors (Lipinski definition) is 1. The number of carbonyl (C=O) groups is 2. The van der Waals surface area contributed by atoms with E-state index in [1.807, 2.05) is 50.3 Å². The zero-order valence-corrected chi connectivity index (χ0v) is 20.6. The second-order valence-electron chi connectivity index (χ2n) is 9.56. The van der Waals surface area contributed by atoms with E-state index in [0.717, 1.165) is 30.4 Å². The number of benzene rings is 1. The minimum Gasteiger partial charge on any atom is -0.458 e. The van der Waals surface area contributed by atoms with Crippen LogP contribution >= 0.6 is 0 Å². The van der Waals surface area contributed by atoms with E-state index in [1.54, 1.807) is 20.8 Å². The fourth-order valence-electron chi connectivity index (χ4n) is 4.04. The van der Waals surface area contributed by atoms with Gasteiger partial charge in [0.25, 0.3) is 0 Å². The third kappa shape index (κ3) is 9.04. The maximum Gasteiger partial charge on any atom is 0.408 e. The lowest BCUT2D eigenvalue weighted by Crippen LogP contribution is -2.46. The monoisotopic (exact) mass is 457 g/mol. The molecule has 1 fully saturated rings. The summed E-state index contributed by atoms with van der Waals surface area (Å²) in [5, 5.41) is 2.69. The molecule has 0 bridgehead atoms. The molecule has 6 heteroatoms. The molecule has 0 unspecified atom stereocenters. The maximum absolute atomic E-state index is 12.9. The van der Waals surface area contributed by atoms with Crippen molar-refractivity contribution < 1.29 is 23.8 Å². The molecule has 4 atom stereocenters. The van der Waals surface area contributed by atoms with Crippen LogP contribution in [-0.2, 0) is 25.6 Å². The average molecular weight is 458 g/mol. The molecular weight excluding hydrogens is 418 g/mol. The third-order valence-electron chi connectivity index (χ3n) is 5.69. The summed E-state index contributed by atoms with van der Waals surface area (Å²) in [6, 6.07) is 9.20. The van der Waals surface area contributed by atoms with Crippen LogP contribution in [0, 0.1) is 5.92 Å². The molecule has 2 rings (SSSR count). The number of cyclic esters (lactones) is 1. The molecule has 0 aliphatic carbocycles. The zero-order valence-electron chi connectivity index (χ0n) is 20.6. The average Bonchev–Trinajstić information content (AvgIpc) is 2.79. The van der Waals surface area contributed by atoms with Crippen LogP contribution in [0.2, 0.25) is 0 Å². The summed E-state index contributed by atoms with van der Waals surface area (Å²) in [7, 11) is 0. The molecule has 1 N–H and O–H groups in total. The van der Waals surface area contributed by atoms with Crippen LogP contribution in [0.5, 0.6) is 0 Å². The summed E-state index contributed by atoms with van der Waals surface area (Å²) < 4.78 is 17.5. The van der Waals surface area contributed by atoms with E-state index < -0.39 is 29.8 Å². The van der Waals surface area contributed by atoms with Gasteiger partial charge in [-0.25, -0.2) is 9.59 Å². The van der Waals surface area contributed by atoms with Crippen molar-refractivity contribution in [3.8, 4) is 0 Å². The van der Waals surface area contributed by atoms with Gasteiger partial charge in [-0.1, -0.05) is 61.1 Å². The quantitative estimate of drug-likeness (QED) is 0.419. The molecule has 1 aliphatic heterocycles. The molecule has 1 amide bonds. The van der Waals surface area contributed by atoms with Crippen LogP contribution < -0.4 is 5.32 Å². The first kappa shape index (κ1) is 26.7. The SMILES string of the molecule is C=C/C(=C\C)C[C@H]1CCC[C@H](NC(=O)OC(C)(C)C)C(=O)O[C@@H](C)[C@@H]1OCc1ccccc1. The summed E-state index contributed by atoms with van der Waals surface area (Å²) in [5.41, 5.74) is 1.55. The van der Waals surface area contributed by atoms with Crippen molar-refractivity contribution in [2.45, 2.75) is 90.8 Å². The van der Waals surface area contributed by atoms with Crippen molar-refractivity contribution in [3.05, 3.63) is 60.2 Å². The van der Waals surface area contributed by atoms with Crippen LogP contribution in [0.1, 0.15) is 65.9 Å². The van der Waals surface area contributed by atoms with E-state index in [0.29, 0.717) is 13.0 Å². The van der Waals surface area contributed by atoms with E-state index in [-0.39, 0.29) is 12.0 Å². The number of carbonyl (C=O) groups excluding carboxylic acids is 2. The van der Waals surface area contributed by atoms with Crippen molar-refractivity contribution in [3.63, 3.8) is 0 Å². The second kappa shape index (κ2) is 12.6. The largest absolute Gasteiger partial charge is 0.458 e. The Morgan fingerprint density at radius 2 is 1.94 bits per heavy atom. The van der Waals surface area contributed by atoms with Gasteiger partial charge in [0, 0.05) is 0 Å². The first-order chi connectivity index (χ1) is 15.6. The molecule has 182 valence electrons. The minimum atomic E-state index is -0.753. The van der Waals surface area contributed by atoms with Crippen LogP contribution in [0.15, 0.2) is 54.6 Å². The number of esters is 1. The fraction of sp³-hybridized carbons (Fsp3) is 0.556. The predicted octanol–water partition coefficient (Wildman–Crippen LogP) is 5.72. The van der Waals surface area contributed by atoms with Gasteiger partial charge < -0.3 is 19.5 Å². The summed E-state index contributed by atoms with van der Waals surface area (Å²) in [6.45, 7) is 13.6. The van der Waals surface area contributed by atoms with Gasteiger partial charge >= 0.3 is 12.1 Å². The van der Waals surface area contributed by atoms with Gasteiger partial charge in [0.2, 0.25) is 0 Å². The highest BCUT2D eigenvalue weighted by molar-refractivity contribution is 5.81. The molecule has 1 heterocycles. The number of allylic oxidation sites excluding steroid dienone is 3. The summed E-state index contributed by atoms with van der Waals surface area (Å²) in [5.74, 6) is -0.321. The standard InChI is InChI=1S/C27H39NO5/c1-7-20(8-2)17-22-15-12-16-23(28-26(30)33-27(4,5)6)25(29)32-19(3)24(22)31-18-21-13-10-9-11-14-21/h7-11,13-14,19,22-24H,1,12,15-18H2,2-6H3,(H,28,30)/b20-8+/t19-,22+,23-,24-/m0/s1. The number of rotatable bonds is 7. The molecule has 1 aliphatic rings. The molecule has 0 saturated carbocycles. The maximum atomic E-state index is 12.9. The highest BCUT2D eigenvalue weighted by atomic mass is 16.6. The number of nitrogens with one attached hydrogen (secondary N) is 1. The van der Waals surface area contributed by atoms with Crippen molar-refractivity contribution in [1.29, 1.82) is 0 Å². The summed E-state index contributed by atoms with van der Waals surface area (Å²) in [4.78, 5) is 25.2. The Labute approximate surface area is 198 Å². The molecule has 1 saturated heterocycles. The van der Waals surface area contributed by atoms with Crippen molar-refractivity contribution in [2.75, 3.05) is 0 Å². The van der Waals surface area contributed by atoms with Crippen LogP contribution in [0.3, 0.4) is 0 Å². The van der Waals surface area contributed by atoms with Gasteiger partial charge in [0.05, 0.1) is 12.7 Å². The Balaban J connectivity index is 2.18. The van der Waals surface area contributed by atoms with E-state index in [4.69, 9.17) is 14.2 Å². The van der Waals surface area contributed by atoms with Crippen molar-refractivity contribution >= 4 is 12.1 Å². The number of amides is 1. The number of alkyl carbamates (subject to hydrolysis) is 1. The van der Waals surface area contributed by atoms with Gasteiger partial charge in [-0.05, 0) is 65.4 Å². The molecule has 0 spiro atoms. The van der Waals surface area contributed by atoms with Crippen LogP contribution in [-0.4, -0.2) is 35.9 Å². The molecular formula is C27H39NO5. The Morgan fingerprint density at radius 1 is 1.24 bits per heavy atom.